The molecule has 0 aromatic carbocycles. The van der Waals surface area contributed by atoms with Crippen molar-refractivity contribution in [3.8, 4) is 5.75 Å². The average Bonchev–Trinajstić information content (AvgIpc) is 2.31. The minimum Gasteiger partial charge on any atom is -0.492 e. The molecule has 22 heavy (non-hydrogen) atoms. The van der Waals surface area contributed by atoms with Gasteiger partial charge in [-0.25, -0.2) is 9.97 Å². The number of aromatic nitrogens is 2. The number of rotatable bonds is 4. The maximum atomic E-state index is 6.45. The number of nitrogens with zero attached hydrogens (tertiary/aromatic N) is 2. The lowest BCUT2D eigenvalue weighted by molar-refractivity contribution is 0.0816. The van der Waals surface area contributed by atoms with Crippen LogP contribution in [0.5, 0.6) is 5.75 Å². The highest BCUT2D eigenvalue weighted by Crippen LogP contribution is 2.46. The molecule has 0 aliphatic heterocycles. The van der Waals surface area contributed by atoms with Gasteiger partial charge in [-0.05, 0) is 37.9 Å². The maximum absolute atomic E-state index is 6.45. The summed E-state index contributed by atoms with van der Waals surface area (Å²) in [6.45, 7) is 13.3. The summed E-state index contributed by atoms with van der Waals surface area (Å²) < 4.78 is 11.8. The van der Waals surface area contributed by atoms with E-state index >= 15 is 0 Å². The molecule has 0 unspecified atom stereocenters. The fraction of sp³-hybridized carbons (Fsp3) is 0.750. The Morgan fingerprint density at radius 1 is 1.18 bits per heavy atom. The van der Waals surface area contributed by atoms with Crippen LogP contribution in [0.4, 0.5) is 0 Å². The van der Waals surface area contributed by atoms with Crippen LogP contribution in [0.15, 0.2) is 0 Å². The zero-order chi connectivity index (χ0) is 16.7. The number of hydrogen-bond acceptors (Lipinski definition) is 4. The number of ether oxygens (including phenoxy) is 1. The van der Waals surface area contributed by atoms with Gasteiger partial charge < -0.3 is 9.16 Å². The Morgan fingerprint density at radius 3 is 2.27 bits per heavy atom. The first-order valence-electron chi connectivity index (χ1n) is 7.81. The van der Waals surface area contributed by atoms with E-state index in [0.29, 0.717) is 28.7 Å². The molecule has 2 rings (SSSR count). The van der Waals surface area contributed by atoms with Gasteiger partial charge in [0.15, 0.2) is 19.2 Å². The molecular weight excluding hydrogens is 316 g/mol. The third-order valence-corrected chi connectivity index (χ3v) is 9.71. The van der Waals surface area contributed by atoms with Crippen LogP contribution in [-0.4, -0.2) is 31.5 Å². The Kier molecular flexibility index (Phi) is 4.90. The van der Waals surface area contributed by atoms with Gasteiger partial charge in [0.1, 0.15) is 5.82 Å². The van der Waals surface area contributed by atoms with E-state index in [2.05, 4.69) is 43.8 Å². The van der Waals surface area contributed by atoms with Gasteiger partial charge in [0.05, 0.1) is 12.8 Å². The predicted octanol–water partition coefficient (Wildman–Crippen LogP) is 4.71. The molecule has 1 aliphatic rings. The summed E-state index contributed by atoms with van der Waals surface area (Å²) in [5, 5.41) is 0.642. The minimum atomic E-state index is -1.70. The van der Waals surface area contributed by atoms with Crippen LogP contribution >= 0.6 is 11.6 Å². The fourth-order valence-corrected chi connectivity index (χ4v) is 4.17. The molecule has 1 aromatic rings. The molecule has 1 aliphatic carbocycles. The fourth-order valence-electron chi connectivity index (χ4n) is 2.49. The van der Waals surface area contributed by atoms with Crippen LogP contribution in [0.1, 0.15) is 51.0 Å². The molecule has 0 N–H and O–H groups in total. The first-order chi connectivity index (χ1) is 10.0. The standard InChI is InChI=1S/C16H27ClN2O2Si/c1-10-18-13(14(20-5)15(17)19-10)11-8-12(9-11)21-22(6,7)16(2,3)4/h11-12H,8-9H2,1-7H3. The molecule has 1 heterocycles. The van der Waals surface area contributed by atoms with E-state index in [9.17, 15) is 0 Å². The van der Waals surface area contributed by atoms with Gasteiger partial charge in [-0.1, -0.05) is 32.4 Å². The lowest BCUT2D eigenvalue weighted by atomic mass is 9.80. The zero-order valence-electron chi connectivity index (χ0n) is 14.7. The zero-order valence-corrected chi connectivity index (χ0v) is 16.4. The van der Waals surface area contributed by atoms with Gasteiger partial charge in [0, 0.05) is 12.0 Å². The Balaban J connectivity index is 2.06. The second kappa shape index (κ2) is 6.10. The van der Waals surface area contributed by atoms with Crippen molar-refractivity contribution >= 4 is 19.9 Å². The van der Waals surface area contributed by atoms with Gasteiger partial charge in [-0.2, -0.15) is 0 Å². The summed E-state index contributed by atoms with van der Waals surface area (Å²) in [5.41, 5.74) is 0.926. The quantitative estimate of drug-likeness (QED) is 0.587. The molecule has 0 bridgehead atoms. The van der Waals surface area contributed by atoms with Crippen molar-refractivity contribution < 1.29 is 9.16 Å². The lowest BCUT2D eigenvalue weighted by Crippen LogP contribution is -2.47. The van der Waals surface area contributed by atoms with Crippen molar-refractivity contribution in [1.82, 2.24) is 9.97 Å². The monoisotopic (exact) mass is 342 g/mol. The highest BCUT2D eigenvalue weighted by Gasteiger charge is 2.43. The second-order valence-electron chi connectivity index (χ2n) is 7.65. The summed E-state index contributed by atoms with van der Waals surface area (Å²) in [6, 6.07) is 0. The van der Waals surface area contributed by atoms with E-state index in [1.165, 1.54) is 0 Å². The van der Waals surface area contributed by atoms with Crippen molar-refractivity contribution in [2.24, 2.45) is 0 Å². The minimum absolute atomic E-state index is 0.241. The third-order valence-electron chi connectivity index (χ3n) is 4.92. The molecule has 1 saturated carbocycles. The SMILES string of the molecule is COc1c(Cl)nc(C)nc1C1CC(O[Si](C)(C)C(C)(C)C)C1. The molecular formula is C16H27ClN2O2Si. The van der Waals surface area contributed by atoms with E-state index in [1.807, 2.05) is 6.92 Å². The van der Waals surface area contributed by atoms with E-state index in [4.69, 9.17) is 20.8 Å². The highest BCUT2D eigenvalue weighted by atomic mass is 35.5. The lowest BCUT2D eigenvalue weighted by Gasteiger charge is -2.44. The van der Waals surface area contributed by atoms with Crippen LogP contribution in [0, 0.1) is 6.92 Å². The van der Waals surface area contributed by atoms with Gasteiger partial charge in [-0.15, -0.1) is 0 Å². The molecule has 0 saturated heterocycles. The van der Waals surface area contributed by atoms with Crippen LogP contribution in [0.3, 0.4) is 0 Å². The van der Waals surface area contributed by atoms with Gasteiger partial charge in [0.2, 0.25) is 0 Å². The number of halogens is 1. The van der Waals surface area contributed by atoms with E-state index in [0.717, 1.165) is 18.5 Å². The Hall–Kier alpha value is -0.653. The predicted molar refractivity (Wildman–Crippen MR) is 92.4 cm³/mol. The van der Waals surface area contributed by atoms with Crippen molar-refractivity contribution in [3.05, 3.63) is 16.7 Å². The number of methoxy groups -OCH3 is 1. The Morgan fingerprint density at radius 2 is 1.77 bits per heavy atom. The van der Waals surface area contributed by atoms with Crippen LogP contribution in [0.25, 0.3) is 0 Å². The molecule has 124 valence electrons. The number of hydrogen-bond donors (Lipinski definition) is 0. The van der Waals surface area contributed by atoms with Crippen molar-refractivity contribution in [3.63, 3.8) is 0 Å². The molecule has 0 spiro atoms. The molecule has 1 aromatic heterocycles. The van der Waals surface area contributed by atoms with E-state index in [1.54, 1.807) is 7.11 Å². The van der Waals surface area contributed by atoms with E-state index < -0.39 is 8.32 Å². The molecule has 0 atom stereocenters. The largest absolute Gasteiger partial charge is 0.492 e. The van der Waals surface area contributed by atoms with Crippen molar-refractivity contribution in [1.29, 1.82) is 0 Å². The van der Waals surface area contributed by atoms with Crippen LogP contribution < -0.4 is 4.74 Å². The summed E-state index contributed by atoms with van der Waals surface area (Å²) in [7, 11) is -0.0853. The molecule has 6 heteroatoms. The van der Waals surface area contributed by atoms with Crippen molar-refractivity contribution in [2.45, 2.75) is 70.7 Å². The van der Waals surface area contributed by atoms with Gasteiger partial charge in [0.25, 0.3) is 0 Å². The first kappa shape index (κ1) is 17.7. The highest BCUT2D eigenvalue weighted by molar-refractivity contribution is 6.74. The molecule has 4 nitrogen and oxygen atoms in total. The summed E-state index contributed by atoms with van der Waals surface area (Å²) in [4.78, 5) is 8.70. The third kappa shape index (κ3) is 3.47. The number of aryl methyl sites for hydroxylation is 1. The summed E-state index contributed by atoms with van der Waals surface area (Å²) in [5.74, 6) is 1.65. The Labute approximate surface area is 139 Å². The van der Waals surface area contributed by atoms with E-state index in [-0.39, 0.29) is 5.04 Å². The summed E-state index contributed by atoms with van der Waals surface area (Å²) >= 11 is 6.16. The second-order valence-corrected chi connectivity index (χ2v) is 12.8. The first-order valence-corrected chi connectivity index (χ1v) is 11.1. The normalized spacial score (nSPS) is 22.4. The Bertz CT molecular complexity index is 552. The smallest absolute Gasteiger partial charge is 0.192 e. The van der Waals surface area contributed by atoms with Crippen molar-refractivity contribution in [2.75, 3.05) is 7.11 Å². The summed E-state index contributed by atoms with van der Waals surface area (Å²) in [6.07, 6.45) is 2.29. The molecule has 0 radical (unpaired) electrons. The van der Waals surface area contributed by atoms with Gasteiger partial charge in [-0.3, -0.25) is 0 Å². The van der Waals surface area contributed by atoms with Gasteiger partial charge >= 0.3 is 0 Å². The van der Waals surface area contributed by atoms with Crippen LogP contribution in [-0.2, 0) is 4.43 Å². The molecule has 0 amide bonds. The van der Waals surface area contributed by atoms with Crippen LogP contribution in [0.2, 0.25) is 23.3 Å². The topological polar surface area (TPSA) is 44.2 Å². The average molecular weight is 343 g/mol. The maximum Gasteiger partial charge on any atom is 0.192 e. The molecule has 1 fully saturated rings.